The molecule has 1 unspecified atom stereocenters. The molecule has 1 aromatic rings. The Kier molecular flexibility index (Phi) is 4.16. The molecule has 1 atom stereocenters. The van der Waals surface area contributed by atoms with Gasteiger partial charge in [0, 0.05) is 19.5 Å². The molecule has 0 radical (unpaired) electrons. The fourth-order valence-electron chi connectivity index (χ4n) is 2.22. The molecule has 104 valence electrons. The van der Waals surface area contributed by atoms with Gasteiger partial charge >= 0.3 is 5.97 Å². The minimum atomic E-state index is -1.16. The molecule has 1 fully saturated rings. The van der Waals surface area contributed by atoms with E-state index in [-0.39, 0.29) is 16.4 Å². The van der Waals surface area contributed by atoms with Crippen LogP contribution in [0.25, 0.3) is 0 Å². The van der Waals surface area contributed by atoms with Crippen molar-refractivity contribution in [2.75, 3.05) is 25.5 Å². The van der Waals surface area contributed by atoms with Gasteiger partial charge in [-0.05, 0) is 26.4 Å². The lowest BCUT2D eigenvalue weighted by Crippen LogP contribution is -2.31. The van der Waals surface area contributed by atoms with Crippen LogP contribution in [0.3, 0.4) is 0 Å². The second-order valence-corrected chi connectivity index (χ2v) is 5.71. The van der Waals surface area contributed by atoms with E-state index in [1.807, 2.05) is 0 Å². The number of carbonyl (C=O) groups is 2. The van der Waals surface area contributed by atoms with Gasteiger partial charge in [0.1, 0.15) is 4.88 Å². The van der Waals surface area contributed by atoms with Crippen molar-refractivity contribution < 1.29 is 14.7 Å². The molecule has 0 saturated carbocycles. The fourth-order valence-corrected chi connectivity index (χ4v) is 3.08. The number of thiazole rings is 1. The van der Waals surface area contributed by atoms with Crippen LogP contribution in [-0.4, -0.2) is 52.9 Å². The van der Waals surface area contributed by atoms with E-state index in [1.54, 1.807) is 0 Å². The summed E-state index contributed by atoms with van der Waals surface area (Å²) in [5, 5.41) is 12.6. The van der Waals surface area contributed by atoms with Crippen LogP contribution in [0.1, 0.15) is 39.9 Å². The number of aromatic nitrogens is 1. The van der Waals surface area contributed by atoms with Gasteiger partial charge in [0.2, 0.25) is 0 Å². The number of anilines is 1. The van der Waals surface area contributed by atoms with Crippen molar-refractivity contribution in [1.29, 1.82) is 0 Å². The van der Waals surface area contributed by atoms with Crippen LogP contribution in [-0.2, 0) is 0 Å². The summed E-state index contributed by atoms with van der Waals surface area (Å²) in [5.74, 6) is -1.42. The molecule has 1 aromatic heterocycles. The normalized spacial score (nSPS) is 19.6. The number of hydrogen-bond acceptors (Lipinski definition) is 6. The standard InChI is InChI=1S/C12H17N3O3S/c1-7(16)10-9(11(17)18)14-12(19-10)13-6-8-4-3-5-15(8)2/h8H,3-6H2,1-2H3,(H,13,14)(H,17,18). The molecule has 0 amide bonds. The van der Waals surface area contributed by atoms with Crippen molar-refractivity contribution >= 4 is 28.2 Å². The van der Waals surface area contributed by atoms with Crippen molar-refractivity contribution in [3.8, 4) is 0 Å². The second kappa shape index (κ2) is 5.66. The molecule has 2 heterocycles. The topological polar surface area (TPSA) is 82.5 Å². The molecule has 0 aromatic carbocycles. The highest BCUT2D eigenvalue weighted by atomic mass is 32.1. The summed E-state index contributed by atoms with van der Waals surface area (Å²) in [7, 11) is 2.07. The van der Waals surface area contributed by atoms with E-state index in [2.05, 4.69) is 22.2 Å². The van der Waals surface area contributed by atoms with Crippen LogP contribution in [0.2, 0.25) is 0 Å². The number of carboxylic acids is 1. The molecule has 0 bridgehead atoms. The highest BCUT2D eigenvalue weighted by Crippen LogP contribution is 2.24. The molecule has 7 heteroatoms. The van der Waals surface area contributed by atoms with Gasteiger partial charge in [0.15, 0.2) is 16.6 Å². The number of carboxylic acid groups (broad SMARTS) is 1. The average molecular weight is 283 g/mol. The van der Waals surface area contributed by atoms with E-state index < -0.39 is 5.97 Å². The summed E-state index contributed by atoms with van der Waals surface area (Å²) in [5.41, 5.74) is -0.153. The predicted octanol–water partition coefficient (Wildman–Crippen LogP) is 1.55. The molecule has 1 saturated heterocycles. The highest BCUT2D eigenvalue weighted by molar-refractivity contribution is 7.17. The third-order valence-electron chi connectivity index (χ3n) is 3.31. The Bertz CT molecular complexity index is 469. The monoisotopic (exact) mass is 283 g/mol. The van der Waals surface area contributed by atoms with E-state index in [1.165, 1.54) is 13.3 Å². The van der Waals surface area contributed by atoms with Crippen LogP contribution in [0.5, 0.6) is 0 Å². The Morgan fingerprint density at radius 2 is 2.32 bits per heavy atom. The van der Waals surface area contributed by atoms with Crippen LogP contribution in [0.4, 0.5) is 5.13 Å². The third-order valence-corrected chi connectivity index (χ3v) is 4.42. The molecule has 1 aliphatic rings. The number of ketones is 1. The molecule has 19 heavy (non-hydrogen) atoms. The molecule has 0 spiro atoms. The lowest BCUT2D eigenvalue weighted by atomic mass is 10.2. The van der Waals surface area contributed by atoms with Crippen molar-refractivity contribution in [2.45, 2.75) is 25.8 Å². The zero-order valence-electron chi connectivity index (χ0n) is 11.0. The maximum atomic E-state index is 11.4. The maximum Gasteiger partial charge on any atom is 0.356 e. The van der Waals surface area contributed by atoms with Crippen LogP contribution in [0.15, 0.2) is 0 Å². The minimum absolute atomic E-state index is 0.153. The number of hydrogen-bond donors (Lipinski definition) is 2. The van der Waals surface area contributed by atoms with Crippen molar-refractivity contribution in [1.82, 2.24) is 9.88 Å². The van der Waals surface area contributed by atoms with Crippen LogP contribution >= 0.6 is 11.3 Å². The van der Waals surface area contributed by atoms with Crippen LogP contribution < -0.4 is 5.32 Å². The van der Waals surface area contributed by atoms with Crippen molar-refractivity contribution in [3.63, 3.8) is 0 Å². The molecule has 6 nitrogen and oxygen atoms in total. The van der Waals surface area contributed by atoms with Gasteiger partial charge in [-0.15, -0.1) is 0 Å². The van der Waals surface area contributed by atoms with Gasteiger partial charge in [-0.1, -0.05) is 11.3 Å². The van der Waals surface area contributed by atoms with Gasteiger partial charge in [-0.25, -0.2) is 9.78 Å². The smallest absolute Gasteiger partial charge is 0.356 e. The predicted molar refractivity (Wildman–Crippen MR) is 73.2 cm³/mol. The summed E-state index contributed by atoms with van der Waals surface area (Å²) < 4.78 is 0. The zero-order valence-corrected chi connectivity index (χ0v) is 11.8. The summed E-state index contributed by atoms with van der Waals surface area (Å²) in [6.45, 7) is 3.16. The van der Waals surface area contributed by atoms with Crippen molar-refractivity contribution in [2.24, 2.45) is 0 Å². The Balaban J connectivity index is 2.06. The molecule has 2 N–H and O–H groups in total. The van der Waals surface area contributed by atoms with E-state index in [9.17, 15) is 9.59 Å². The van der Waals surface area contributed by atoms with E-state index in [0.29, 0.717) is 11.2 Å². The van der Waals surface area contributed by atoms with Crippen LogP contribution in [0, 0.1) is 0 Å². The zero-order chi connectivity index (χ0) is 14.0. The fraction of sp³-hybridized carbons (Fsp3) is 0.583. The molecule has 1 aliphatic heterocycles. The minimum Gasteiger partial charge on any atom is -0.476 e. The summed E-state index contributed by atoms with van der Waals surface area (Å²) in [4.78, 5) is 28.8. The number of carbonyl (C=O) groups excluding carboxylic acids is 1. The van der Waals surface area contributed by atoms with Crippen molar-refractivity contribution in [3.05, 3.63) is 10.6 Å². The molecule has 0 aliphatic carbocycles. The summed E-state index contributed by atoms with van der Waals surface area (Å²) in [6, 6.07) is 0.443. The number of Topliss-reactive ketones (excluding diaryl/α,β-unsaturated/α-hetero) is 1. The highest BCUT2D eigenvalue weighted by Gasteiger charge is 2.23. The quantitative estimate of drug-likeness (QED) is 0.798. The first kappa shape index (κ1) is 14.0. The molecular formula is C12H17N3O3S. The second-order valence-electron chi connectivity index (χ2n) is 4.72. The van der Waals surface area contributed by atoms with Gasteiger partial charge in [0.05, 0.1) is 0 Å². The number of nitrogens with one attached hydrogen (secondary N) is 1. The Labute approximate surface area is 115 Å². The summed E-state index contributed by atoms with van der Waals surface area (Å²) >= 11 is 1.11. The largest absolute Gasteiger partial charge is 0.476 e. The number of rotatable bonds is 5. The first-order valence-electron chi connectivity index (χ1n) is 6.18. The lowest BCUT2D eigenvalue weighted by molar-refractivity contribution is 0.0687. The number of likely N-dealkylation sites (tertiary alicyclic amines) is 1. The first-order chi connectivity index (χ1) is 8.99. The van der Waals surface area contributed by atoms with E-state index in [4.69, 9.17) is 5.11 Å². The Morgan fingerprint density at radius 3 is 2.79 bits per heavy atom. The number of aromatic carboxylic acids is 1. The molecule has 2 rings (SSSR count). The van der Waals surface area contributed by atoms with Gasteiger partial charge in [-0.2, -0.15) is 0 Å². The maximum absolute atomic E-state index is 11.4. The lowest BCUT2D eigenvalue weighted by Gasteiger charge is -2.19. The number of nitrogens with zero attached hydrogens (tertiary/aromatic N) is 2. The van der Waals surface area contributed by atoms with Gasteiger partial charge < -0.3 is 15.3 Å². The first-order valence-corrected chi connectivity index (χ1v) is 7.00. The van der Waals surface area contributed by atoms with E-state index in [0.717, 1.165) is 30.8 Å². The van der Waals surface area contributed by atoms with Gasteiger partial charge in [0.25, 0.3) is 0 Å². The van der Waals surface area contributed by atoms with E-state index >= 15 is 0 Å². The third kappa shape index (κ3) is 3.10. The summed E-state index contributed by atoms with van der Waals surface area (Å²) in [6.07, 6.45) is 2.31. The molecular weight excluding hydrogens is 266 g/mol. The SMILES string of the molecule is CC(=O)c1sc(NCC2CCCN2C)nc1C(=O)O. The Morgan fingerprint density at radius 1 is 1.58 bits per heavy atom. The Hall–Kier alpha value is -1.47. The average Bonchev–Trinajstić information content (AvgIpc) is 2.92. The number of likely N-dealkylation sites (N-methyl/N-ethyl adjacent to an activating group) is 1. The van der Waals surface area contributed by atoms with Gasteiger partial charge in [-0.3, -0.25) is 4.79 Å².